The van der Waals surface area contributed by atoms with Crippen LogP contribution in [0.4, 0.5) is 0 Å². The summed E-state index contributed by atoms with van der Waals surface area (Å²) in [7, 11) is -3.60. The molecule has 1 aromatic heterocycles. The number of hydrogen-bond acceptors (Lipinski definition) is 3. The molecule has 4 rings (SSSR count). The van der Waals surface area contributed by atoms with Gasteiger partial charge in [0.1, 0.15) is 0 Å². The van der Waals surface area contributed by atoms with Gasteiger partial charge in [0.15, 0.2) is 0 Å². The van der Waals surface area contributed by atoms with Crippen molar-refractivity contribution in [3.05, 3.63) is 53.3 Å². The number of benzene rings is 1. The van der Waals surface area contributed by atoms with E-state index in [1.165, 1.54) is 0 Å². The van der Waals surface area contributed by atoms with E-state index in [-0.39, 0.29) is 10.8 Å². The lowest BCUT2D eigenvalue weighted by molar-refractivity contribution is 0.0694. The summed E-state index contributed by atoms with van der Waals surface area (Å²) in [5.41, 5.74) is 2.06. The number of sulfonamides is 1. The molecule has 1 amide bonds. The van der Waals surface area contributed by atoms with E-state index >= 15 is 0 Å². The number of nitrogens with zero attached hydrogens (tertiary/aromatic N) is 3. The van der Waals surface area contributed by atoms with Crippen molar-refractivity contribution < 1.29 is 13.2 Å². The highest BCUT2D eigenvalue weighted by Gasteiger charge is 2.31. The van der Waals surface area contributed by atoms with Crippen molar-refractivity contribution in [3.63, 3.8) is 0 Å². The lowest BCUT2D eigenvalue weighted by Crippen LogP contribution is -2.40. The molecule has 7 heteroatoms. The van der Waals surface area contributed by atoms with Gasteiger partial charge in [-0.15, -0.1) is 0 Å². The van der Waals surface area contributed by atoms with Crippen LogP contribution in [0.5, 0.6) is 0 Å². The van der Waals surface area contributed by atoms with E-state index < -0.39 is 10.0 Å². The highest BCUT2D eigenvalue weighted by Crippen LogP contribution is 2.29. The second-order valence-electron chi connectivity index (χ2n) is 9.16. The zero-order valence-electron chi connectivity index (χ0n) is 18.8. The van der Waals surface area contributed by atoms with Crippen LogP contribution in [-0.2, 0) is 10.0 Å². The largest absolute Gasteiger partial charge is 0.351 e. The maximum Gasteiger partial charge on any atom is 0.253 e. The van der Waals surface area contributed by atoms with Crippen molar-refractivity contribution in [2.75, 3.05) is 26.2 Å². The van der Waals surface area contributed by atoms with Crippen LogP contribution < -0.4 is 0 Å². The number of hydrogen-bond donors (Lipinski definition) is 0. The second kappa shape index (κ2) is 8.79. The Morgan fingerprint density at radius 2 is 1.55 bits per heavy atom. The van der Waals surface area contributed by atoms with E-state index in [1.807, 2.05) is 36.9 Å². The fourth-order valence-electron chi connectivity index (χ4n) is 4.72. The Labute approximate surface area is 185 Å². The molecule has 0 saturated carbocycles. The lowest BCUT2D eigenvalue weighted by atomic mass is 10.0. The first-order valence-corrected chi connectivity index (χ1v) is 12.7. The monoisotopic (exact) mass is 443 g/mol. The topological polar surface area (TPSA) is 62.6 Å². The van der Waals surface area contributed by atoms with Gasteiger partial charge >= 0.3 is 0 Å². The van der Waals surface area contributed by atoms with Crippen LogP contribution in [0, 0.1) is 19.8 Å². The van der Waals surface area contributed by atoms with Gasteiger partial charge < -0.3 is 9.47 Å². The zero-order valence-corrected chi connectivity index (χ0v) is 19.6. The summed E-state index contributed by atoms with van der Waals surface area (Å²) < 4.78 is 30.6. The fourth-order valence-corrected chi connectivity index (χ4v) is 6.52. The Hall–Kier alpha value is -2.12. The second-order valence-corrected chi connectivity index (χ2v) is 11.1. The number of aryl methyl sites for hydroxylation is 1. The smallest absolute Gasteiger partial charge is 0.253 e. The Morgan fingerprint density at radius 1 is 0.935 bits per heavy atom. The third-order valence-electron chi connectivity index (χ3n) is 7.03. The van der Waals surface area contributed by atoms with Crippen LogP contribution in [0.15, 0.2) is 41.6 Å². The van der Waals surface area contributed by atoms with Crippen molar-refractivity contribution in [1.82, 2.24) is 13.8 Å². The minimum atomic E-state index is -3.60. The molecule has 2 aliphatic heterocycles. The molecule has 0 spiro atoms. The van der Waals surface area contributed by atoms with E-state index in [4.69, 9.17) is 0 Å². The van der Waals surface area contributed by atoms with Crippen LogP contribution in [0.25, 0.3) is 0 Å². The highest BCUT2D eigenvalue weighted by molar-refractivity contribution is 7.89. The molecule has 2 aromatic rings. The molecule has 2 fully saturated rings. The number of piperidine rings is 2. The van der Waals surface area contributed by atoms with Crippen molar-refractivity contribution in [2.24, 2.45) is 5.92 Å². The third kappa shape index (κ3) is 4.44. The molecule has 0 bridgehead atoms. The van der Waals surface area contributed by atoms with Crippen LogP contribution >= 0.6 is 0 Å². The van der Waals surface area contributed by atoms with Gasteiger partial charge in [-0.3, -0.25) is 4.79 Å². The van der Waals surface area contributed by atoms with Gasteiger partial charge in [-0.25, -0.2) is 8.42 Å². The van der Waals surface area contributed by atoms with E-state index in [1.54, 1.807) is 10.4 Å². The van der Waals surface area contributed by atoms with Crippen molar-refractivity contribution in [3.8, 4) is 0 Å². The summed E-state index contributed by atoms with van der Waals surface area (Å²) in [6.45, 7) is 8.35. The SMILES string of the molecule is Cc1cc(C(=O)N2CCC(n3cccc3)CC2)cc(S(=O)(=O)N2CCC(C)CC2)c1C. The molecule has 3 heterocycles. The first-order chi connectivity index (χ1) is 14.8. The summed E-state index contributed by atoms with van der Waals surface area (Å²) in [6.07, 6.45) is 7.72. The molecular formula is C24H33N3O3S. The maximum atomic E-state index is 13.4. The van der Waals surface area contributed by atoms with Gasteiger partial charge in [0.05, 0.1) is 4.90 Å². The van der Waals surface area contributed by atoms with Gasteiger partial charge in [0, 0.05) is 50.2 Å². The summed E-state index contributed by atoms with van der Waals surface area (Å²) in [6, 6.07) is 7.91. The Morgan fingerprint density at radius 3 is 2.16 bits per heavy atom. The highest BCUT2D eigenvalue weighted by atomic mass is 32.2. The van der Waals surface area contributed by atoms with E-state index in [9.17, 15) is 13.2 Å². The predicted molar refractivity (Wildman–Crippen MR) is 122 cm³/mol. The van der Waals surface area contributed by atoms with Gasteiger partial charge in [-0.05, 0) is 80.8 Å². The third-order valence-corrected chi connectivity index (χ3v) is 9.05. The molecule has 2 aliphatic rings. The molecule has 0 aliphatic carbocycles. The number of likely N-dealkylation sites (tertiary alicyclic amines) is 1. The standard InChI is InChI=1S/C24H33N3O3S/c1-18-6-14-27(15-7-18)31(29,30)23-17-21(16-19(2)20(23)3)24(28)26-12-8-22(9-13-26)25-10-4-5-11-25/h4-5,10-11,16-18,22H,6-9,12-15H2,1-3H3. The molecule has 168 valence electrons. The molecule has 6 nitrogen and oxygen atoms in total. The van der Waals surface area contributed by atoms with Crippen molar-refractivity contribution in [1.29, 1.82) is 0 Å². The van der Waals surface area contributed by atoms with Gasteiger partial charge in [-0.1, -0.05) is 6.92 Å². The number of aromatic nitrogens is 1. The van der Waals surface area contributed by atoms with Crippen LogP contribution in [0.3, 0.4) is 0 Å². The Balaban J connectivity index is 1.54. The summed E-state index contributed by atoms with van der Waals surface area (Å²) in [4.78, 5) is 15.4. The summed E-state index contributed by atoms with van der Waals surface area (Å²) in [5.74, 6) is 0.481. The van der Waals surface area contributed by atoms with E-state index in [0.29, 0.717) is 43.7 Å². The van der Waals surface area contributed by atoms with Crippen LogP contribution in [-0.4, -0.2) is 54.3 Å². The Kier molecular flexibility index (Phi) is 6.26. The van der Waals surface area contributed by atoms with Crippen molar-refractivity contribution in [2.45, 2.75) is 57.4 Å². The molecule has 0 radical (unpaired) electrons. The van der Waals surface area contributed by atoms with E-state index in [2.05, 4.69) is 23.9 Å². The number of carbonyl (C=O) groups excluding carboxylic acids is 1. The summed E-state index contributed by atoms with van der Waals surface area (Å²) in [5, 5.41) is 0. The molecule has 0 atom stereocenters. The normalized spacial score (nSPS) is 19.6. The number of carbonyl (C=O) groups is 1. The van der Waals surface area contributed by atoms with Gasteiger partial charge in [0.2, 0.25) is 10.0 Å². The number of rotatable bonds is 4. The van der Waals surface area contributed by atoms with Gasteiger partial charge in [-0.2, -0.15) is 4.31 Å². The molecule has 31 heavy (non-hydrogen) atoms. The van der Waals surface area contributed by atoms with Crippen LogP contribution in [0.1, 0.15) is 60.1 Å². The maximum absolute atomic E-state index is 13.4. The fraction of sp³-hybridized carbons (Fsp3) is 0.542. The molecule has 2 saturated heterocycles. The zero-order chi connectivity index (χ0) is 22.2. The van der Waals surface area contributed by atoms with Crippen molar-refractivity contribution >= 4 is 15.9 Å². The molecule has 0 N–H and O–H groups in total. The number of amides is 1. The quantitative estimate of drug-likeness (QED) is 0.717. The minimum Gasteiger partial charge on any atom is -0.351 e. The average molecular weight is 444 g/mol. The van der Waals surface area contributed by atoms with E-state index in [0.717, 1.165) is 36.8 Å². The van der Waals surface area contributed by atoms with Gasteiger partial charge in [0.25, 0.3) is 5.91 Å². The Bertz CT molecular complexity index is 1030. The first kappa shape index (κ1) is 22.1. The molecule has 0 unspecified atom stereocenters. The summed E-state index contributed by atoms with van der Waals surface area (Å²) >= 11 is 0. The lowest BCUT2D eigenvalue weighted by Gasteiger charge is -2.33. The van der Waals surface area contributed by atoms with Crippen LogP contribution in [0.2, 0.25) is 0 Å². The molecule has 1 aromatic carbocycles. The minimum absolute atomic E-state index is 0.0715. The molecular weight excluding hydrogens is 410 g/mol. The average Bonchev–Trinajstić information content (AvgIpc) is 3.30. The predicted octanol–water partition coefficient (Wildman–Crippen LogP) is 4.00. The first-order valence-electron chi connectivity index (χ1n) is 11.3.